The van der Waals surface area contributed by atoms with Crippen LogP contribution < -0.4 is 14.8 Å². The molecule has 0 fully saturated rings. The van der Waals surface area contributed by atoms with E-state index in [9.17, 15) is 22.8 Å². The van der Waals surface area contributed by atoms with Gasteiger partial charge < -0.3 is 15.2 Å². The van der Waals surface area contributed by atoms with Crippen LogP contribution in [0.25, 0.3) is 0 Å². The number of benzene rings is 2. The van der Waals surface area contributed by atoms with E-state index in [-0.39, 0.29) is 28.4 Å². The van der Waals surface area contributed by atoms with Crippen LogP contribution in [0.15, 0.2) is 48.5 Å². The summed E-state index contributed by atoms with van der Waals surface area (Å²) in [5.41, 5.74) is -0.637. The van der Waals surface area contributed by atoms with E-state index in [0.717, 1.165) is 19.3 Å². The fourth-order valence-corrected chi connectivity index (χ4v) is 6.69. The second kappa shape index (κ2) is 19.6. The summed E-state index contributed by atoms with van der Waals surface area (Å²) in [5.74, 6) is -2.85. The van der Waals surface area contributed by atoms with E-state index in [1.807, 2.05) is 0 Å². The molecule has 0 spiro atoms. The standard InChI is InChI=1S/C36H53ClN2O7S/c1-5-6-7-8-9-10-11-12-13-14-15-16-17-18-26-47(44,45)39-30-21-19-20-29(27-30)38-34(43)36(37,33(42)35(2,3)4)46-31-24-22-28(23-25-31)32(40)41/h19-25,27,39H,5-18,26H2,1-4H3,(H,38,43)(H,40,41). The molecule has 1 atom stereocenters. The Bertz CT molecular complexity index is 1390. The van der Waals surface area contributed by atoms with Crippen LogP contribution in [-0.2, 0) is 19.6 Å². The first-order valence-electron chi connectivity index (χ1n) is 16.9. The molecule has 0 aliphatic heterocycles. The molecule has 1 unspecified atom stereocenters. The lowest BCUT2D eigenvalue weighted by Crippen LogP contribution is -2.54. The average Bonchev–Trinajstić information content (AvgIpc) is 3.00. The van der Waals surface area contributed by atoms with E-state index in [2.05, 4.69) is 17.0 Å². The maximum Gasteiger partial charge on any atom is 0.335 e. The van der Waals surface area contributed by atoms with Crippen molar-refractivity contribution >= 4 is 50.7 Å². The van der Waals surface area contributed by atoms with Crippen LogP contribution in [0.5, 0.6) is 5.75 Å². The third-order valence-electron chi connectivity index (χ3n) is 7.79. The third kappa shape index (κ3) is 14.7. The van der Waals surface area contributed by atoms with Gasteiger partial charge in [0.15, 0.2) is 0 Å². The maximum absolute atomic E-state index is 13.4. The minimum atomic E-state index is -3.62. The van der Waals surface area contributed by atoms with Crippen molar-refractivity contribution in [2.45, 2.75) is 123 Å². The summed E-state index contributed by atoms with van der Waals surface area (Å²) in [6.07, 6.45) is 16.5. The summed E-state index contributed by atoms with van der Waals surface area (Å²) in [6.45, 7) is 7.00. The van der Waals surface area contributed by atoms with Gasteiger partial charge in [0.05, 0.1) is 17.0 Å². The van der Waals surface area contributed by atoms with Crippen molar-refractivity contribution in [3.05, 3.63) is 54.1 Å². The van der Waals surface area contributed by atoms with Crippen molar-refractivity contribution in [2.75, 3.05) is 15.8 Å². The highest BCUT2D eigenvalue weighted by Gasteiger charge is 2.51. The lowest BCUT2D eigenvalue weighted by Gasteiger charge is -2.31. The number of Topliss-reactive ketones (excluding diaryl/α,β-unsaturated/α-hetero) is 1. The summed E-state index contributed by atoms with van der Waals surface area (Å²) in [7, 11) is -3.62. The van der Waals surface area contributed by atoms with Crippen LogP contribution in [0.1, 0.15) is 128 Å². The first kappa shape index (κ1) is 40.1. The van der Waals surface area contributed by atoms with Gasteiger partial charge in [-0.25, -0.2) is 13.2 Å². The summed E-state index contributed by atoms with van der Waals surface area (Å²) in [4.78, 5) is 38.0. The number of carboxylic acid groups (broad SMARTS) is 1. The summed E-state index contributed by atoms with van der Waals surface area (Å²) in [6, 6.07) is 11.2. The maximum atomic E-state index is 13.4. The van der Waals surface area contributed by atoms with E-state index in [4.69, 9.17) is 21.4 Å². The Morgan fingerprint density at radius 3 is 1.74 bits per heavy atom. The van der Waals surface area contributed by atoms with Gasteiger partial charge in [-0.05, 0) is 48.9 Å². The Morgan fingerprint density at radius 1 is 0.766 bits per heavy atom. The van der Waals surface area contributed by atoms with Crippen LogP contribution in [0.2, 0.25) is 0 Å². The molecule has 9 nitrogen and oxygen atoms in total. The number of anilines is 2. The highest BCUT2D eigenvalue weighted by Crippen LogP contribution is 2.33. The summed E-state index contributed by atoms with van der Waals surface area (Å²) < 4.78 is 33.8. The Hall–Kier alpha value is -3.11. The number of rotatable bonds is 23. The largest absolute Gasteiger partial charge is 0.478 e. The number of hydrogen-bond acceptors (Lipinski definition) is 6. The number of unbranched alkanes of at least 4 members (excludes halogenated alkanes) is 13. The zero-order valence-corrected chi connectivity index (χ0v) is 30.0. The normalized spacial score (nSPS) is 13.0. The van der Waals surface area contributed by atoms with Gasteiger partial charge in [-0.3, -0.25) is 14.3 Å². The van der Waals surface area contributed by atoms with Crippen molar-refractivity contribution in [2.24, 2.45) is 5.41 Å². The number of hydrogen-bond donors (Lipinski definition) is 3. The first-order chi connectivity index (χ1) is 22.2. The molecule has 2 aromatic rings. The number of ether oxygens (including phenoxy) is 1. The second-order valence-electron chi connectivity index (χ2n) is 13.2. The molecular formula is C36H53ClN2O7S. The van der Waals surface area contributed by atoms with Crippen LogP contribution in [0.3, 0.4) is 0 Å². The molecule has 47 heavy (non-hydrogen) atoms. The van der Waals surface area contributed by atoms with E-state index < -0.39 is 38.2 Å². The molecule has 11 heteroatoms. The number of carbonyl (C=O) groups excluding carboxylic acids is 2. The van der Waals surface area contributed by atoms with Gasteiger partial charge in [-0.1, -0.05) is 129 Å². The minimum absolute atomic E-state index is 0.00673. The molecule has 0 aliphatic rings. The zero-order chi connectivity index (χ0) is 34.9. The zero-order valence-electron chi connectivity index (χ0n) is 28.4. The monoisotopic (exact) mass is 692 g/mol. The predicted molar refractivity (Wildman–Crippen MR) is 190 cm³/mol. The molecule has 0 bridgehead atoms. The third-order valence-corrected chi connectivity index (χ3v) is 9.58. The Labute approximate surface area is 286 Å². The van der Waals surface area contributed by atoms with Crippen LogP contribution in [0, 0.1) is 5.41 Å². The minimum Gasteiger partial charge on any atom is -0.478 e. The molecule has 0 saturated carbocycles. The van der Waals surface area contributed by atoms with Gasteiger partial charge >= 0.3 is 11.0 Å². The quantitative estimate of drug-likeness (QED) is 0.0599. The molecule has 1 amide bonds. The number of nitrogens with one attached hydrogen (secondary N) is 2. The van der Waals surface area contributed by atoms with Gasteiger partial charge in [0.1, 0.15) is 5.75 Å². The van der Waals surface area contributed by atoms with Crippen molar-refractivity contribution in [3.8, 4) is 5.75 Å². The molecule has 0 heterocycles. The highest BCUT2D eigenvalue weighted by molar-refractivity contribution is 7.92. The fraction of sp³-hybridized carbons (Fsp3) is 0.583. The van der Waals surface area contributed by atoms with E-state index in [1.54, 1.807) is 32.9 Å². The topological polar surface area (TPSA) is 139 Å². The van der Waals surface area contributed by atoms with Gasteiger partial charge in [-0.15, -0.1) is 0 Å². The van der Waals surface area contributed by atoms with Gasteiger partial charge in [-0.2, -0.15) is 0 Å². The van der Waals surface area contributed by atoms with Crippen molar-refractivity contribution < 1.29 is 32.6 Å². The molecule has 3 N–H and O–H groups in total. The first-order valence-corrected chi connectivity index (χ1v) is 18.9. The van der Waals surface area contributed by atoms with Crippen molar-refractivity contribution in [1.82, 2.24) is 0 Å². The van der Waals surface area contributed by atoms with E-state index in [0.29, 0.717) is 6.42 Å². The number of ketones is 1. The SMILES string of the molecule is CCCCCCCCCCCCCCCCS(=O)(=O)Nc1cccc(NC(=O)C(Cl)(Oc2ccc(C(=O)O)cc2)C(=O)C(C)(C)C)c1. The molecule has 2 aromatic carbocycles. The molecule has 262 valence electrons. The summed E-state index contributed by atoms with van der Waals surface area (Å²) in [5, 5.41) is 9.22. The lowest BCUT2D eigenvalue weighted by atomic mass is 9.86. The molecule has 2 rings (SSSR count). The van der Waals surface area contributed by atoms with Crippen LogP contribution in [-0.4, -0.2) is 42.0 Å². The molecule has 0 radical (unpaired) electrons. The van der Waals surface area contributed by atoms with Crippen LogP contribution in [0.4, 0.5) is 11.4 Å². The van der Waals surface area contributed by atoms with Gasteiger partial charge in [0.25, 0.3) is 5.91 Å². The van der Waals surface area contributed by atoms with Crippen LogP contribution >= 0.6 is 11.6 Å². The number of carboxylic acids is 1. The summed E-state index contributed by atoms with van der Waals surface area (Å²) >= 11 is 6.60. The van der Waals surface area contributed by atoms with E-state index >= 15 is 0 Å². The molecule has 0 aliphatic carbocycles. The van der Waals surface area contributed by atoms with Gasteiger partial charge in [0.2, 0.25) is 15.8 Å². The fourth-order valence-electron chi connectivity index (χ4n) is 5.10. The number of alkyl halides is 1. The average molecular weight is 693 g/mol. The number of aromatic carboxylic acids is 1. The number of amides is 1. The highest BCUT2D eigenvalue weighted by atomic mass is 35.5. The number of carbonyl (C=O) groups is 3. The predicted octanol–water partition coefficient (Wildman–Crippen LogP) is 9.18. The Kier molecular flexibility index (Phi) is 16.8. The lowest BCUT2D eigenvalue weighted by molar-refractivity contribution is -0.144. The van der Waals surface area contributed by atoms with Crippen molar-refractivity contribution in [1.29, 1.82) is 0 Å². The van der Waals surface area contributed by atoms with E-state index in [1.165, 1.54) is 101 Å². The molecular weight excluding hydrogens is 640 g/mol. The Morgan fingerprint density at radius 2 is 1.26 bits per heavy atom. The number of halogens is 1. The molecule has 0 aromatic heterocycles. The second-order valence-corrected chi connectivity index (χ2v) is 15.5. The van der Waals surface area contributed by atoms with Crippen molar-refractivity contribution in [3.63, 3.8) is 0 Å². The molecule has 0 saturated heterocycles. The number of sulfonamides is 1. The van der Waals surface area contributed by atoms with Gasteiger partial charge in [0, 0.05) is 11.1 Å². The smallest absolute Gasteiger partial charge is 0.335 e. The Balaban J connectivity index is 1.87.